The molecule has 0 fully saturated rings. The Labute approximate surface area is 147 Å². The first-order valence-electron chi connectivity index (χ1n) is 7.38. The van der Waals surface area contributed by atoms with Crippen LogP contribution in [0.4, 0.5) is 23.2 Å². The molecule has 0 saturated heterocycles. The molecule has 134 valence electrons. The van der Waals surface area contributed by atoms with E-state index in [1.54, 1.807) is 25.2 Å². The van der Waals surface area contributed by atoms with E-state index in [-0.39, 0.29) is 29.6 Å². The van der Waals surface area contributed by atoms with Crippen molar-refractivity contribution in [1.82, 2.24) is 0 Å². The summed E-state index contributed by atoms with van der Waals surface area (Å²) in [5.41, 5.74) is -0.565. The molecule has 0 aliphatic heterocycles. The second kappa shape index (κ2) is 7.84. The summed E-state index contributed by atoms with van der Waals surface area (Å²) in [5.74, 6) is -0.891. The molecule has 2 aromatic rings. The number of quaternary nitrogens is 1. The molecule has 0 aliphatic rings. The lowest BCUT2D eigenvalue weighted by Crippen LogP contribution is -3.08. The molecule has 0 bridgehead atoms. The summed E-state index contributed by atoms with van der Waals surface area (Å²) >= 11 is 5.84. The van der Waals surface area contributed by atoms with Crippen LogP contribution in [-0.4, -0.2) is 19.5 Å². The minimum absolute atomic E-state index is 0.00751. The molecule has 1 unspecified atom stereocenters. The van der Waals surface area contributed by atoms with E-state index in [0.29, 0.717) is 10.5 Å². The number of hydrogen-bond donors (Lipinski definition) is 2. The molecule has 3 nitrogen and oxygen atoms in total. The van der Waals surface area contributed by atoms with Crippen molar-refractivity contribution in [2.45, 2.75) is 12.7 Å². The Morgan fingerprint density at radius 3 is 2.52 bits per heavy atom. The summed E-state index contributed by atoms with van der Waals surface area (Å²) in [7, 11) is 1.68. The molecule has 0 heterocycles. The topological polar surface area (TPSA) is 33.5 Å². The van der Waals surface area contributed by atoms with Crippen LogP contribution in [0.15, 0.2) is 42.5 Å². The Morgan fingerprint density at radius 2 is 1.88 bits per heavy atom. The molecule has 1 amide bonds. The number of carbonyl (C=O) groups excluding carboxylic acids is 1. The lowest BCUT2D eigenvalue weighted by atomic mass is 10.2. The zero-order valence-corrected chi connectivity index (χ0v) is 14.0. The summed E-state index contributed by atoms with van der Waals surface area (Å²) in [4.78, 5) is 12.7. The van der Waals surface area contributed by atoms with Gasteiger partial charge in [-0.05, 0) is 24.3 Å². The van der Waals surface area contributed by atoms with Crippen molar-refractivity contribution in [2.24, 2.45) is 0 Å². The lowest BCUT2D eigenvalue weighted by Gasteiger charge is -2.15. The van der Waals surface area contributed by atoms with Crippen molar-refractivity contribution in [1.29, 1.82) is 0 Å². The Bertz CT molecular complexity index is 765. The van der Waals surface area contributed by atoms with Gasteiger partial charge in [-0.15, -0.1) is 0 Å². The van der Waals surface area contributed by atoms with Crippen molar-refractivity contribution in [2.75, 3.05) is 18.9 Å². The second-order valence-corrected chi connectivity index (χ2v) is 6.05. The van der Waals surface area contributed by atoms with E-state index in [1.807, 2.05) is 0 Å². The molecule has 25 heavy (non-hydrogen) atoms. The fourth-order valence-electron chi connectivity index (χ4n) is 2.30. The summed E-state index contributed by atoms with van der Waals surface area (Å²) in [6.07, 6.45) is -4.53. The first kappa shape index (κ1) is 19.2. The Balaban J connectivity index is 2.01. The number of alkyl halides is 3. The predicted molar refractivity (Wildman–Crippen MR) is 86.9 cm³/mol. The molecule has 0 radical (unpaired) electrons. The summed E-state index contributed by atoms with van der Waals surface area (Å²) in [6.45, 7) is 0.206. The van der Waals surface area contributed by atoms with Gasteiger partial charge in [0.15, 0.2) is 6.54 Å². The molecule has 2 rings (SSSR count). The zero-order chi connectivity index (χ0) is 18.6. The van der Waals surface area contributed by atoms with Crippen LogP contribution in [0.1, 0.15) is 11.1 Å². The van der Waals surface area contributed by atoms with Gasteiger partial charge in [0.05, 0.1) is 23.3 Å². The van der Waals surface area contributed by atoms with Gasteiger partial charge in [0.1, 0.15) is 12.4 Å². The van der Waals surface area contributed by atoms with Crippen molar-refractivity contribution in [3.05, 3.63) is 64.4 Å². The average molecular weight is 376 g/mol. The van der Waals surface area contributed by atoms with E-state index in [2.05, 4.69) is 5.32 Å². The van der Waals surface area contributed by atoms with Crippen molar-refractivity contribution in [3.8, 4) is 0 Å². The summed E-state index contributed by atoms with van der Waals surface area (Å²) < 4.78 is 51.8. The molecular weight excluding hydrogens is 360 g/mol. The van der Waals surface area contributed by atoms with Crippen LogP contribution < -0.4 is 10.2 Å². The second-order valence-electron chi connectivity index (χ2n) is 5.64. The Hall–Kier alpha value is -2.12. The van der Waals surface area contributed by atoms with Gasteiger partial charge in [0.25, 0.3) is 5.91 Å². The normalized spacial score (nSPS) is 12.7. The largest absolute Gasteiger partial charge is 0.416 e. The van der Waals surface area contributed by atoms with Crippen molar-refractivity contribution < 1.29 is 27.3 Å². The third-order valence-electron chi connectivity index (χ3n) is 3.48. The maximum Gasteiger partial charge on any atom is 0.416 e. The molecule has 1 atom stereocenters. The molecule has 2 N–H and O–H groups in total. The molecular formula is C17H16ClF4N2O+. The maximum absolute atomic E-state index is 13.6. The van der Waals surface area contributed by atoms with Gasteiger partial charge in [-0.1, -0.05) is 29.8 Å². The Morgan fingerprint density at radius 1 is 1.20 bits per heavy atom. The van der Waals surface area contributed by atoms with E-state index in [4.69, 9.17) is 11.6 Å². The number of anilines is 1. The van der Waals surface area contributed by atoms with Gasteiger partial charge in [-0.3, -0.25) is 4.79 Å². The first-order valence-corrected chi connectivity index (χ1v) is 7.76. The monoisotopic (exact) mass is 375 g/mol. The molecule has 0 aliphatic carbocycles. The fraction of sp³-hybridized carbons (Fsp3) is 0.235. The number of hydrogen-bond acceptors (Lipinski definition) is 1. The molecule has 0 saturated carbocycles. The summed E-state index contributed by atoms with van der Waals surface area (Å²) in [6, 6.07) is 8.89. The van der Waals surface area contributed by atoms with E-state index >= 15 is 0 Å². The van der Waals surface area contributed by atoms with Crippen LogP contribution in [0.5, 0.6) is 0 Å². The zero-order valence-electron chi connectivity index (χ0n) is 13.3. The van der Waals surface area contributed by atoms with E-state index in [1.165, 1.54) is 6.07 Å². The standard InChI is InChI=1S/C17H15ClF4N2O/c1-24(9-11-4-2-3-5-14(11)19)10-16(25)23-15-8-12(17(20,21)22)6-7-13(15)18/h2-8H,9-10H2,1H3,(H,23,25)/p+1. The molecule has 2 aromatic carbocycles. The predicted octanol–water partition coefficient (Wildman–Crippen LogP) is 3.15. The SMILES string of the molecule is C[NH+](CC(=O)Nc1cc(C(F)(F)F)ccc1Cl)Cc1ccccc1F. The number of nitrogens with one attached hydrogen (secondary N) is 2. The number of likely N-dealkylation sites (N-methyl/N-ethyl adjacent to an activating group) is 1. The van der Waals surface area contributed by atoms with Gasteiger partial charge in [-0.25, -0.2) is 4.39 Å². The van der Waals surface area contributed by atoms with E-state index in [9.17, 15) is 22.4 Å². The van der Waals surface area contributed by atoms with Crippen LogP contribution in [0.25, 0.3) is 0 Å². The molecule has 0 spiro atoms. The van der Waals surface area contributed by atoms with Crippen LogP contribution in [0, 0.1) is 5.82 Å². The van der Waals surface area contributed by atoms with Crippen LogP contribution >= 0.6 is 11.6 Å². The van der Waals surface area contributed by atoms with Gasteiger partial charge in [-0.2, -0.15) is 13.2 Å². The Kier molecular flexibility index (Phi) is 6.02. The van der Waals surface area contributed by atoms with Gasteiger partial charge in [0, 0.05) is 5.56 Å². The fourth-order valence-corrected chi connectivity index (χ4v) is 2.46. The van der Waals surface area contributed by atoms with Gasteiger partial charge >= 0.3 is 6.18 Å². The highest BCUT2D eigenvalue weighted by Crippen LogP contribution is 2.33. The van der Waals surface area contributed by atoms with Crippen LogP contribution in [0.3, 0.4) is 0 Å². The van der Waals surface area contributed by atoms with Gasteiger partial charge in [0.2, 0.25) is 0 Å². The number of amides is 1. The minimum Gasteiger partial charge on any atom is -0.326 e. The maximum atomic E-state index is 13.6. The summed E-state index contributed by atoms with van der Waals surface area (Å²) in [5, 5.41) is 2.38. The lowest BCUT2D eigenvalue weighted by molar-refractivity contribution is -0.885. The average Bonchev–Trinajstić information content (AvgIpc) is 2.50. The van der Waals surface area contributed by atoms with Gasteiger partial charge < -0.3 is 10.2 Å². The van der Waals surface area contributed by atoms with E-state index in [0.717, 1.165) is 18.2 Å². The minimum atomic E-state index is -4.53. The van der Waals surface area contributed by atoms with E-state index < -0.39 is 17.6 Å². The highest BCUT2D eigenvalue weighted by atomic mass is 35.5. The quantitative estimate of drug-likeness (QED) is 0.773. The smallest absolute Gasteiger partial charge is 0.326 e. The first-order chi connectivity index (χ1) is 11.7. The van der Waals surface area contributed by atoms with Crippen LogP contribution in [0.2, 0.25) is 5.02 Å². The third-order valence-corrected chi connectivity index (χ3v) is 3.81. The molecule has 8 heteroatoms. The number of carbonyl (C=O) groups is 1. The highest BCUT2D eigenvalue weighted by molar-refractivity contribution is 6.33. The number of halogens is 5. The molecule has 0 aromatic heterocycles. The number of rotatable bonds is 5. The third kappa shape index (κ3) is 5.44. The highest BCUT2D eigenvalue weighted by Gasteiger charge is 2.31. The number of benzene rings is 2. The van der Waals surface area contributed by atoms with Crippen LogP contribution in [-0.2, 0) is 17.5 Å². The van der Waals surface area contributed by atoms with Crippen molar-refractivity contribution >= 4 is 23.2 Å². The van der Waals surface area contributed by atoms with Crippen molar-refractivity contribution in [3.63, 3.8) is 0 Å².